The van der Waals surface area contributed by atoms with Gasteiger partial charge in [0.1, 0.15) is 5.75 Å². The van der Waals surface area contributed by atoms with Crippen LogP contribution in [0.1, 0.15) is 12.5 Å². The van der Waals surface area contributed by atoms with E-state index < -0.39 is 6.10 Å². The number of benzene rings is 2. The van der Waals surface area contributed by atoms with Crippen molar-refractivity contribution in [3.63, 3.8) is 0 Å². The van der Waals surface area contributed by atoms with Gasteiger partial charge in [0.25, 0.3) is 0 Å². The van der Waals surface area contributed by atoms with E-state index in [0.29, 0.717) is 20.8 Å². The molecule has 1 atom stereocenters. The highest BCUT2D eigenvalue weighted by Crippen LogP contribution is 2.23. The van der Waals surface area contributed by atoms with Gasteiger partial charge in [-0.15, -0.1) is 0 Å². The van der Waals surface area contributed by atoms with Gasteiger partial charge in [0.05, 0.1) is 10.0 Å². The molecule has 0 aromatic heterocycles. The van der Waals surface area contributed by atoms with Crippen LogP contribution in [0.3, 0.4) is 0 Å². The first-order chi connectivity index (χ1) is 9.95. The maximum absolute atomic E-state index is 12.2. The monoisotopic (exact) mass is 342 g/mol. The van der Waals surface area contributed by atoms with Crippen LogP contribution in [0, 0.1) is 0 Å². The Balaban J connectivity index is 2.00. The van der Waals surface area contributed by atoms with E-state index in [4.69, 9.17) is 39.5 Å². The Labute approximate surface area is 138 Å². The van der Waals surface area contributed by atoms with E-state index in [9.17, 15) is 4.79 Å². The smallest absolute Gasteiger partial charge is 0.177 e. The van der Waals surface area contributed by atoms with Crippen molar-refractivity contribution >= 4 is 40.6 Å². The van der Waals surface area contributed by atoms with Gasteiger partial charge in [0, 0.05) is 11.4 Å². The van der Waals surface area contributed by atoms with Gasteiger partial charge < -0.3 is 4.74 Å². The zero-order valence-corrected chi connectivity index (χ0v) is 13.5. The highest BCUT2D eigenvalue weighted by atomic mass is 35.5. The molecule has 2 aromatic rings. The first kappa shape index (κ1) is 16.2. The summed E-state index contributed by atoms with van der Waals surface area (Å²) in [6, 6.07) is 12.1. The number of hydrogen-bond donors (Lipinski definition) is 0. The summed E-state index contributed by atoms with van der Waals surface area (Å²) < 4.78 is 5.59. The fourth-order valence-corrected chi connectivity index (χ4v) is 2.31. The van der Waals surface area contributed by atoms with E-state index in [1.165, 1.54) is 0 Å². The quantitative estimate of drug-likeness (QED) is 0.743. The molecule has 5 heteroatoms. The molecule has 1 unspecified atom stereocenters. The fraction of sp³-hybridized carbons (Fsp3) is 0.188. The van der Waals surface area contributed by atoms with Crippen molar-refractivity contribution in [3.05, 3.63) is 63.1 Å². The minimum Gasteiger partial charge on any atom is -0.483 e. The largest absolute Gasteiger partial charge is 0.483 e. The van der Waals surface area contributed by atoms with Crippen molar-refractivity contribution in [1.29, 1.82) is 0 Å². The predicted octanol–water partition coefficient (Wildman–Crippen LogP) is 5.23. The number of ketones is 1. The third-order valence-corrected chi connectivity index (χ3v) is 3.90. The normalized spacial score (nSPS) is 12.0. The van der Waals surface area contributed by atoms with Crippen LogP contribution in [0.5, 0.6) is 5.75 Å². The molecule has 2 rings (SSSR count). The lowest BCUT2D eigenvalue weighted by Gasteiger charge is -2.14. The van der Waals surface area contributed by atoms with Crippen molar-refractivity contribution in [2.75, 3.05) is 0 Å². The molecule has 0 saturated carbocycles. The Bertz CT molecular complexity index is 656. The molecule has 0 aliphatic carbocycles. The number of halogens is 3. The maximum Gasteiger partial charge on any atom is 0.177 e. The van der Waals surface area contributed by atoms with Gasteiger partial charge in [0.15, 0.2) is 11.9 Å². The number of hydrogen-bond acceptors (Lipinski definition) is 2. The molecule has 0 fully saturated rings. The first-order valence-electron chi connectivity index (χ1n) is 6.34. The summed E-state index contributed by atoms with van der Waals surface area (Å²) in [7, 11) is 0. The SMILES string of the molecule is CC(Oc1cccc(Cl)c1)C(=O)Cc1ccc(Cl)c(Cl)c1. The average Bonchev–Trinajstić information content (AvgIpc) is 2.43. The third-order valence-electron chi connectivity index (χ3n) is 2.92. The van der Waals surface area contributed by atoms with E-state index in [0.717, 1.165) is 5.56 Å². The van der Waals surface area contributed by atoms with E-state index >= 15 is 0 Å². The van der Waals surface area contributed by atoms with E-state index in [1.54, 1.807) is 49.4 Å². The summed E-state index contributed by atoms with van der Waals surface area (Å²) in [5.41, 5.74) is 0.802. The molecule has 110 valence electrons. The van der Waals surface area contributed by atoms with Crippen LogP contribution in [0.4, 0.5) is 0 Å². The summed E-state index contributed by atoms with van der Waals surface area (Å²) in [4.78, 5) is 12.2. The maximum atomic E-state index is 12.2. The Hall–Kier alpha value is -1.22. The summed E-state index contributed by atoms with van der Waals surface area (Å²) in [6.07, 6.45) is -0.337. The minimum absolute atomic E-state index is 0.0478. The molecule has 0 saturated heterocycles. The van der Waals surface area contributed by atoms with Gasteiger partial charge in [0.2, 0.25) is 0 Å². The van der Waals surface area contributed by atoms with E-state index in [-0.39, 0.29) is 12.2 Å². The number of rotatable bonds is 5. The van der Waals surface area contributed by atoms with E-state index in [2.05, 4.69) is 0 Å². The summed E-state index contributed by atoms with van der Waals surface area (Å²) in [5, 5.41) is 1.47. The van der Waals surface area contributed by atoms with Crippen LogP contribution < -0.4 is 4.74 Å². The van der Waals surface area contributed by atoms with Gasteiger partial charge in [-0.05, 0) is 42.8 Å². The fourth-order valence-electron chi connectivity index (χ4n) is 1.80. The summed E-state index contributed by atoms with van der Waals surface area (Å²) in [5.74, 6) is 0.519. The van der Waals surface area contributed by atoms with Crippen LogP contribution in [0.25, 0.3) is 0 Å². The van der Waals surface area contributed by atoms with Crippen LogP contribution in [0.2, 0.25) is 15.1 Å². The van der Waals surface area contributed by atoms with Crippen LogP contribution in [-0.4, -0.2) is 11.9 Å². The van der Waals surface area contributed by atoms with Crippen molar-refractivity contribution in [2.45, 2.75) is 19.4 Å². The average molecular weight is 344 g/mol. The molecule has 0 aliphatic heterocycles. The molecule has 0 N–H and O–H groups in total. The predicted molar refractivity (Wildman–Crippen MR) is 86.7 cm³/mol. The molecule has 2 nitrogen and oxygen atoms in total. The van der Waals surface area contributed by atoms with E-state index in [1.807, 2.05) is 0 Å². The molecule has 0 amide bonds. The molecule has 0 aliphatic rings. The van der Waals surface area contributed by atoms with Gasteiger partial charge >= 0.3 is 0 Å². The highest BCUT2D eigenvalue weighted by molar-refractivity contribution is 6.42. The van der Waals surface area contributed by atoms with Gasteiger partial charge in [-0.1, -0.05) is 46.9 Å². The van der Waals surface area contributed by atoms with Crippen molar-refractivity contribution < 1.29 is 9.53 Å². The molecule has 0 bridgehead atoms. The number of carbonyl (C=O) groups is 1. The van der Waals surface area contributed by atoms with Gasteiger partial charge in [-0.25, -0.2) is 0 Å². The van der Waals surface area contributed by atoms with Crippen molar-refractivity contribution in [1.82, 2.24) is 0 Å². The second-order valence-corrected chi connectivity index (χ2v) is 5.86. The number of Topliss-reactive ketones (excluding diaryl/α,β-unsaturated/α-hetero) is 1. The lowest BCUT2D eigenvalue weighted by Crippen LogP contribution is -2.25. The van der Waals surface area contributed by atoms with Crippen LogP contribution >= 0.6 is 34.8 Å². The van der Waals surface area contributed by atoms with Crippen molar-refractivity contribution in [2.24, 2.45) is 0 Å². The first-order valence-corrected chi connectivity index (χ1v) is 7.48. The molecule has 0 radical (unpaired) electrons. The zero-order valence-electron chi connectivity index (χ0n) is 11.3. The third kappa shape index (κ3) is 4.63. The molecule has 2 aromatic carbocycles. The lowest BCUT2D eigenvalue weighted by atomic mass is 10.1. The molecule has 0 heterocycles. The molecular weight excluding hydrogens is 331 g/mol. The van der Waals surface area contributed by atoms with Crippen LogP contribution in [-0.2, 0) is 11.2 Å². The Morgan fingerprint density at radius 3 is 2.52 bits per heavy atom. The van der Waals surface area contributed by atoms with Gasteiger partial charge in [-0.3, -0.25) is 4.79 Å². The summed E-state index contributed by atoms with van der Waals surface area (Å²) >= 11 is 17.7. The Kier molecular flexibility index (Phi) is 5.51. The van der Waals surface area contributed by atoms with Crippen LogP contribution in [0.15, 0.2) is 42.5 Å². The lowest BCUT2D eigenvalue weighted by molar-refractivity contribution is -0.124. The Morgan fingerprint density at radius 2 is 1.86 bits per heavy atom. The second kappa shape index (κ2) is 7.17. The molecular formula is C16H13Cl3O2. The second-order valence-electron chi connectivity index (χ2n) is 4.61. The van der Waals surface area contributed by atoms with Gasteiger partial charge in [-0.2, -0.15) is 0 Å². The van der Waals surface area contributed by atoms with Crippen molar-refractivity contribution in [3.8, 4) is 5.75 Å². The Morgan fingerprint density at radius 1 is 1.10 bits per heavy atom. The minimum atomic E-state index is -0.571. The number of ether oxygens (including phenoxy) is 1. The summed E-state index contributed by atoms with van der Waals surface area (Å²) in [6.45, 7) is 1.71. The molecule has 0 spiro atoms. The molecule has 21 heavy (non-hydrogen) atoms. The number of carbonyl (C=O) groups excluding carboxylic acids is 1. The standard InChI is InChI=1S/C16H13Cl3O2/c1-10(21-13-4-2-3-12(17)9-13)16(20)8-11-5-6-14(18)15(19)7-11/h2-7,9-10H,8H2,1H3. The topological polar surface area (TPSA) is 26.3 Å². The zero-order chi connectivity index (χ0) is 15.4. The highest BCUT2D eigenvalue weighted by Gasteiger charge is 2.16.